The Morgan fingerprint density at radius 1 is 1.35 bits per heavy atom. The highest BCUT2D eigenvalue weighted by atomic mass is 19.1. The first-order valence-electron chi connectivity index (χ1n) is 6.71. The van der Waals surface area contributed by atoms with Gasteiger partial charge in [0.25, 0.3) is 0 Å². The van der Waals surface area contributed by atoms with E-state index in [-0.39, 0.29) is 5.82 Å². The normalized spacial score (nSPS) is 24.6. The van der Waals surface area contributed by atoms with Crippen LogP contribution in [-0.2, 0) is 0 Å². The van der Waals surface area contributed by atoms with Gasteiger partial charge < -0.3 is 5.32 Å². The second-order valence-electron chi connectivity index (χ2n) is 5.27. The van der Waals surface area contributed by atoms with E-state index in [1.165, 1.54) is 32.1 Å². The fraction of sp³-hybridized carbons (Fsp3) is 0.600. The maximum absolute atomic E-state index is 13.7. The summed E-state index contributed by atoms with van der Waals surface area (Å²) in [5.41, 5.74) is 1.64. The van der Waals surface area contributed by atoms with Gasteiger partial charge in [0.1, 0.15) is 5.82 Å². The Hall–Kier alpha value is -1.05. The van der Waals surface area contributed by atoms with Gasteiger partial charge in [0.05, 0.1) is 5.69 Å². The Morgan fingerprint density at radius 3 is 2.88 bits per heavy atom. The highest BCUT2D eigenvalue weighted by Crippen LogP contribution is 2.29. The monoisotopic (exact) mass is 235 g/mol. The molecular formula is C15H22FN. The topological polar surface area (TPSA) is 12.0 Å². The molecule has 1 N–H and O–H groups in total. The highest BCUT2D eigenvalue weighted by Gasteiger charge is 2.21. The molecule has 0 amide bonds. The first kappa shape index (κ1) is 12.4. The third-order valence-electron chi connectivity index (χ3n) is 3.84. The molecule has 0 radical (unpaired) electrons. The molecule has 1 aromatic rings. The smallest absolute Gasteiger partial charge is 0.146 e. The molecule has 0 bridgehead atoms. The average molecular weight is 235 g/mol. The van der Waals surface area contributed by atoms with Crippen LogP contribution >= 0.6 is 0 Å². The second kappa shape index (κ2) is 5.52. The zero-order chi connectivity index (χ0) is 12.3. The molecule has 2 rings (SSSR count). The van der Waals surface area contributed by atoms with E-state index in [1.54, 1.807) is 6.07 Å². The molecule has 1 nitrogen and oxygen atoms in total. The number of nitrogens with one attached hydrogen (secondary N) is 1. The summed E-state index contributed by atoms with van der Waals surface area (Å²) >= 11 is 0. The van der Waals surface area contributed by atoms with Gasteiger partial charge in [-0.2, -0.15) is 0 Å². The minimum Gasteiger partial charge on any atom is -0.380 e. The summed E-state index contributed by atoms with van der Waals surface area (Å²) in [5.74, 6) is 0.693. The predicted octanol–water partition coefficient (Wildman–Crippen LogP) is 4.51. The van der Waals surface area contributed by atoms with Crippen LogP contribution in [-0.4, -0.2) is 6.04 Å². The van der Waals surface area contributed by atoms with E-state index >= 15 is 0 Å². The number of aryl methyl sites for hydroxylation is 1. The van der Waals surface area contributed by atoms with Crippen molar-refractivity contribution < 1.29 is 4.39 Å². The lowest BCUT2D eigenvalue weighted by Gasteiger charge is -2.30. The number of rotatable bonds is 3. The third-order valence-corrected chi connectivity index (χ3v) is 3.84. The van der Waals surface area contributed by atoms with E-state index < -0.39 is 0 Å². The van der Waals surface area contributed by atoms with Crippen molar-refractivity contribution in [2.24, 2.45) is 5.92 Å². The molecule has 17 heavy (non-hydrogen) atoms. The molecule has 1 aromatic carbocycles. The summed E-state index contributed by atoms with van der Waals surface area (Å²) in [7, 11) is 0. The quantitative estimate of drug-likeness (QED) is 0.812. The predicted molar refractivity (Wildman–Crippen MR) is 70.8 cm³/mol. The minimum absolute atomic E-state index is 0.122. The van der Waals surface area contributed by atoms with Crippen LogP contribution in [0.4, 0.5) is 10.1 Å². The Labute approximate surface area is 103 Å². The van der Waals surface area contributed by atoms with Crippen LogP contribution in [0.1, 0.15) is 44.6 Å². The van der Waals surface area contributed by atoms with Crippen molar-refractivity contribution in [1.29, 1.82) is 0 Å². The van der Waals surface area contributed by atoms with Crippen LogP contribution in [0.5, 0.6) is 0 Å². The summed E-state index contributed by atoms with van der Waals surface area (Å²) in [6, 6.07) is 5.87. The van der Waals surface area contributed by atoms with Crippen LogP contribution < -0.4 is 5.32 Å². The minimum atomic E-state index is -0.122. The Balaban J connectivity index is 2.00. The Morgan fingerprint density at radius 2 is 2.18 bits per heavy atom. The standard InChI is InChI=1S/C15H22FN/c1-3-12-5-4-6-13(10-12)17-15-8-7-11(2)9-14(15)16/h7-9,12-13,17H,3-6,10H2,1-2H3. The summed E-state index contributed by atoms with van der Waals surface area (Å²) in [6.45, 7) is 4.17. The van der Waals surface area contributed by atoms with Gasteiger partial charge in [-0.3, -0.25) is 0 Å². The van der Waals surface area contributed by atoms with E-state index in [2.05, 4.69) is 12.2 Å². The molecule has 94 valence electrons. The lowest BCUT2D eigenvalue weighted by Crippen LogP contribution is -2.27. The maximum Gasteiger partial charge on any atom is 0.146 e. The fourth-order valence-electron chi connectivity index (χ4n) is 2.75. The third kappa shape index (κ3) is 3.21. The molecule has 1 saturated carbocycles. The highest BCUT2D eigenvalue weighted by molar-refractivity contribution is 5.47. The molecule has 2 unspecified atom stereocenters. The molecule has 0 saturated heterocycles. The van der Waals surface area contributed by atoms with Crippen LogP contribution in [0.3, 0.4) is 0 Å². The molecular weight excluding hydrogens is 213 g/mol. The van der Waals surface area contributed by atoms with Gasteiger partial charge in [0.15, 0.2) is 0 Å². The van der Waals surface area contributed by atoms with E-state index in [9.17, 15) is 4.39 Å². The lowest BCUT2D eigenvalue weighted by molar-refractivity contribution is 0.327. The van der Waals surface area contributed by atoms with Gasteiger partial charge in [0.2, 0.25) is 0 Å². The molecule has 0 spiro atoms. The second-order valence-corrected chi connectivity index (χ2v) is 5.27. The van der Waals surface area contributed by atoms with Crippen LogP contribution in [0.15, 0.2) is 18.2 Å². The number of halogens is 1. The van der Waals surface area contributed by atoms with Crippen LogP contribution in [0.25, 0.3) is 0 Å². The van der Waals surface area contributed by atoms with Crippen LogP contribution in [0.2, 0.25) is 0 Å². The molecule has 0 aromatic heterocycles. The van der Waals surface area contributed by atoms with E-state index in [1.807, 2.05) is 19.1 Å². The van der Waals surface area contributed by atoms with Crippen LogP contribution in [0, 0.1) is 18.7 Å². The number of hydrogen-bond acceptors (Lipinski definition) is 1. The molecule has 1 aliphatic carbocycles. The van der Waals surface area contributed by atoms with Crippen molar-refractivity contribution in [3.8, 4) is 0 Å². The lowest BCUT2D eigenvalue weighted by atomic mass is 9.84. The van der Waals surface area contributed by atoms with Gasteiger partial charge >= 0.3 is 0 Å². The number of hydrogen-bond donors (Lipinski definition) is 1. The van der Waals surface area contributed by atoms with Crippen molar-refractivity contribution in [3.05, 3.63) is 29.6 Å². The molecule has 2 atom stereocenters. The molecule has 1 aliphatic rings. The summed E-state index contributed by atoms with van der Waals surface area (Å²) in [5, 5.41) is 3.37. The first-order chi connectivity index (χ1) is 8.19. The van der Waals surface area contributed by atoms with Crippen molar-refractivity contribution >= 4 is 5.69 Å². The molecule has 1 fully saturated rings. The summed E-state index contributed by atoms with van der Waals surface area (Å²) in [4.78, 5) is 0. The largest absolute Gasteiger partial charge is 0.380 e. The molecule has 2 heteroatoms. The molecule has 0 aliphatic heterocycles. The van der Waals surface area contributed by atoms with E-state index in [0.717, 1.165) is 11.5 Å². The van der Waals surface area contributed by atoms with E-state index in [0.29, 0.717) is 11.7 Å². The van der Waals surface area contributed by atoms with Crippen molar-refractivity contribution in [1.82, 2.24) is 0 Å². The van der Waals surface area contributed by atoms with E-state index in [4.69, 9.17) is 0 Å². The molecule has 0 heterocycles. The zero-order valence-electron chi connectivity index (χ0n) is 10.8. The Kier molecular flexibility index (Phi) is 4.03. The van der Waals surface area contributed by atoms with Gasteiger partial charge in [-0.25, -0.2) is 4.39 Å². The van der Waals surface area contributed by atoms with Gasteiger partial charge in [-0.05, 0) is 43.4 Å². The van der Waals surface area contributed by atoms with Gasteiger partial charge in [-0.1, -0.05) is 32.3 Å². The maximum atomic E-state index is 13.7. The number of benzene rings is 1. The first-order valence-corrected chi connectivity index (χ1v) is 6.71. The van der Waals surface area contributed by atoms with Gasteiger partial charge in [0, 0.05) is 6.04 Å². The number of anilines is 1. The SMILES string of the molecule is CCC1CCCC(Nc2ccc(C)cc2F)C1. The fourth-order valence-corrected chi connectivity index (χ4v) is 2.75. The average Bonchev–Trinajstić information content (AvgIpc) is 2.33. The summed E-state index contributed by atoms with van der Waals surface area (Å²) in [6.07, 6.45) is 6.21. The van der Waals surface area contributed by atoms with Crippen molar-refractivity contribution in [2.75, 3.05) is 5.32 Å². The zero-order valence-corrected chi connectivity index (χ0v) is 10.8. The van der Waals surface area contributed by atoms with Gasteiger partial charge in [-0.15, -0.1) is 0 Å². The van der Waals surface area contributed by atoms with Crippen molar-refractivity contribution in [2.45, 2.75) is 52.0 Å². The summed E-state index contributed by atoms with van der Waals surface area (Å²) < 4.78 is 13.7. The van der Waals surface area contributed by atoms with Crippen molar-refractivity contribution in [3.63, 3.8) is 0 Å². The Bertz CT molecular complexity index is 375.